The molecule has 4 rings (SSSR count). The maximum atomic E-state index is 6.46. The molecule has 0 unspecified atom stereocenters. The van der Waals surface area contributed by atoms with Crippen molar-refractivity contribution in [2.45, 2.75) is 41.8 Å². The van der Waals surface area contributed by atoms with Gasteiger partial charge in [-0.15, -0.1) is 0 Å². The van der Waals surface area contributed by atoms with Crippen molar-refractivity contribution >= 4 is 15.9 Å². The zero-order chi connectivity index (χ0) is 17.6. The van der Waals surface area contributed by atoms with Gasteiger partial charge >= 0.3 is 0 Å². The molecular weight excluding hydrogens is 396 g/mol. The Kier molecular flexibility index (Phi) is 5.70. The van der Waals surface area contributed by atoms with E-state index in [0.717, 1.165) is 0 Å². The van der Waals surface area contributed by atoms with Gasteiger partial charge in [-0.25, -0.2) is 0 Å². The summed E-state index contributed by atoms with van der Waals surface area (Å²) in [5.41, 5.74) is 0. The molecule has 4 aliphatic rings. The largest absolute Gasteiger partial charge is 0.370 e. The molecule has 1 aliphatic heterocycles. The minimum atomic E-state index is -0.283. The average Bonchev–Trinajstić information content (AvgIpc) is 3.24. The van der Waals surface area contributed by atoms with Gasteiger partial charge in [-0.2, -0.15) is 0 Å². The second-order valence-electron chi connectivity index (χ2n) is 7.34. The summed E-state index contributed by atoms with van der Waals surface area (Å²) in [6.45, 7) is 0.614. The first-order chi connectivity index (χ1) is 12.2. The molecule has 7 nitrogen and oxygen atoms in total. The third-order valence-corrected chi connectivity index (χ3v) is 7.50. The summed E-state index contributed by atoms with van der Waals surface area (Å²) in [4.78, 5) is 0.363. The molecule has 144 valence electrons. The Morgan fingerprint density at radius 1 is 0.760 bits per heavy atom. The maximum absolute atomic E-state index is 6.46. The summed E-state index contributed by atoms with van der Waals surface area (Å²) < 4.78 is 40.1. The lowest BCUT2D eigenvalue weighted by Gasteiger charge is -2.48. The van der Waals surface area contributed by atoms with Crippen LogP contribution in [-0.2, 0) is 33.2 Å². The molecule has 3 saturated carbocycles. The number of alkyl halides is 1. The van der Waals surface area contributed by atoms with Gasteiger partial charge in [0.25, 0.3) is 0 Å². The molecule has 2 bridgehead atoms. The second-order valence-corrected chi connectivity index (χ2v) is 8.40. The van der Waals surface area contributed by atoms with Gasteiger partial charge in [0.05, 0.1) is 18.3 Å². The van der Waals surface area contributed by atoms with Crippen molar-refractivity contribution in [2.75, 3.05) is 41.7 Å². The van der Waals surface area contributed by atoms with Crippen molar-refractivity contribution in [1.29, 1.82) is 0 Å². The molecular formula is C17H27BrO7. The van der Waals surface area contributed by atoms with Crippen LogP contribution in [0.2, 0.25) is 0 Å². The van der Waals surface area contributed by atoms with E-state index < -0.39 is 0 Å². The zero-order valence-corrected chi connectivity index (χ0v) is 16.4. The van der Waals surface area contributed by atoms with Crippen LogP contribution < -0.4 is 0 Å². The van der Waals surface area contributed by atoms with Crippen molar-refractivity contribution in [3.63, 3.8) is 0 Å². The zero-order valence-electron chi connectivity index (χ0n) is 14.8. The monoisotopic (exact) mass is 422 g/mol. The topological polar surface area (TPSA) is 64.6 Å². The second kappa shape index (κ2) is 7.67. The molecule has 0 aromatic rings. The minimum Gasteiger partial charge on any atom is -0.370 e. The molecule has 3 aliphatic carbocycles. The lowest BCUT2D eigenvalue weighted by Crippen LogP contribution is -2.61. The number of ether oxygens (including phenoxy) is 7. The molecule has 0 radical (unpaired) electrons. The van der Waals surface area contributed by atoms with Gasteiger partial charge in [-0.1, -0.05) is 15.9 Å². The van der Waals surface area contributed by atoms with Crippen LogP contribution in [0.4, 0.5) is 0 Å². The molecule has 0 amide bonds. The first-order valence-electron chi connectivity index (χ1n) is 8.84. The maximum Gasteiger partial charge on any atom is 0.146 e. The summed E-state index contributed by atoms with van der Waals surface area (Å²) in [6.07, 6.45) is 0.793. The summed E-state index contributed by atoms with van der Waals surface area (Å²) >= 11 is 3.88. The highest BCUT2D eigenvalue weighted by atomic mass is 79.9. The van der Waals surface area contributed by atoms with Crippen LogP contribution in [0.3, 0.4) is 0 Å². The lowest BCUT2D eigenvalue weighted by molar-refractivity contribution is -0.262. The third-order valence-electron chi connectivity index (χ3n) is 6.30. The smallest absolute Gasteiger partial charge is 0.146 e. The van der Waals surface area contributed by atoms with Crippen LogP contribution in [0.5, 0.6) is 0 Å². The Hall–Kier alpha value is 0.200. The first-order valence-corrected chi connectivity index (χ1v) is 9.75. The van der Waals surface area contributed by atoms with Gasteiger partial charge in [-0.3, -0.25) is 0 Å². The third kappa shape index (κ3) is 2.89. The van der Waals surface area contributed by atoms with E-state index in [2.05, 4.69) is 15.9 Å². The summed E-state index contributed by atoms with van der Waals surface area (Å²) in [5.74, 6) is 1.91. The van der Waals surface area contributed by atoms with Crippen LogP contribution in [0.25, 0.3) is 0 Å². The SMILES string of the molecule is COCO[C@@H]1[C@H](OCOC)[C@@H]2O[C@@H]3[C@H](Br)[C@@H]4C[C@H]3[C@H]2[C@@H]4[C@H]1OCOC. The van der Waals surface area contributed by atoms with Crippen molar-refractivity contribution < 1.29 is 33.2 Å². The van der Waals surface area contributed by atoms with Crippen molar-refractivity contribution in [3.05, 3.63) is 0 Å². The van der Waals surface area contributed by atoms with Crippen molar-refractivity contribution in [1.82, 2.24) is 0 Å². The van der Waals surface area contributed by atoms with E-state index in [1.807, 2.05) is 0 Å². The molecule has 10 atom stereocenters. The number of halogens is 1. The first kappa shape index (κ1) is 18.6. The number of hydrogen-bond acceptors (Lipinski definition) is 7. The van der Waals surface area contributed by atoms with Crippen molar-refractivity contribution in [2.24, 2.45) is 23.7 Å². The highest BCUT2D eigenvalue weighted by Crippen LogP contribution is 2.65. The van der Waals surface area contributed by atoms with Crippen LogP contribution in [0, 0.1) is 23.7 Å². The predicted molar refractivity (Wildman–Crippen MR) is 90.2 cm³/mol. The molecule has 4 fully saturated rings. The summed E-state index contributed by atoms with van der Waals surface area (Å²) in [7, 11) is 4.87. The number of methoxy groups -OCH3 is 3. The number of fused-ring (bicyclic) bond motifs is 2. The molecule has 1 heterocycles. The summed E-state index contributed by atoms with van der Waals surface area (Å²) in [5, 5.41) is 0. The van der Waals surface area contributed by atoms with Gasteiger partial charge < -0.3 is 33.2 Å². The van der Waals surface area contributed by atoms with Gasteiger partial charge in [0, 0.05) is 26.2 Å². The van der Waals surface area contributed by atoms with E-state index in [1.54, 1.807) is 21.3 Å². The predicted octanol–water partition coefficient (Wildman–Crippen LogP) is 1.38. The van der Waals surface area contributed by atoms with E-state index in [9.17, 15) is 0 Å². The van der Waals surface area contributed by atoms with Crippen LogP contribution in [-0.4, -0.2) is 77.1 Å². The van der Waals surface area contributed by atoms with Gasteiger partial charge in [0.1, 0.15) is 32.6 Å². The van der Waals surface area contributed by atoms with Gasteiger partial charge in [0.15, 0.2) is 0 Å². The molecule has 0 N–H and O–H groups in total. The standard InChI is InChI=1S/C17H27BrO7/c1-19-5-22-14-10-8-4-9-11(10)15(25-13(9)12(8)18)17(24-7-21-3)16(14)23-6-20-2/h8-17H,4-7H2,1-3H3/t8-,9+,10-,11+,12-,13+,14-,15-,16+,17-/m1/s1. The summed E-state index contributed by atoms with van der Waals surface area (Å²) in [6, 6.07) is 0. The van der Waals surface area contributed by atoms with E-state index in [0.29, 0.717) is 28.5 Å². The van der Waals surface area contributed by atoms with E-state index in [1.165, 1.54) is 6.42 Å². The molecule has 1 saturated heterocycles. The Labute approximate surface area is 156 Å². The Bertz CT molecular complexity index is 466. The van der Waals surface area contributed by atoms with Crippen LogP contribution in [0.15, 0.2) is 0 Å². The van der Waals surface area contributed by atoms with Gasteiger partial charge in [-0.05, 0) is 30.1 Å². The highest BCUT2D eigenvalue weighted by molar-refractivity contribution is 9.09. The highest BCUT2D eigenvalue weighted by Gasteiger charge is 2.72. The average molecular weight is 423 g/mol. The fourth-order valence-corrected chi connectivity index (χ4v) is 6.75. The Morgan fingerprint density at radius 2 is 1.36 bits per heavy atom. The quantitative estimate of drug-likeness (QED) is 0.410. The Morgan fingerprint density at radius 3 is 2.00 bits per heavy atom. The normalized spacial score (nSPS) is 49.9. The minimum absolute atomic E-state index is 0.00644. The molecule has 25 heavy (non-hydrogen) atoms. The molecule has 0 aromatic heterocycles. The molecule has 8 heteroatoms. The van der Waals surface area contributed by atoms with Crippen molar-refractivity contribution in [3.8, 4) is 0 Å². The van der Waals surface area contributed by atoms with Crippen LogP contribution >= 0.6 is 15.9 Å². The fourth-order valence-electron chi connectivity index (χ4n) is 5.66. The van der Waals surface area contributed by atoms with Gasteiger partial charge in [0.2, 0.25) is 0 Å². The molecule has 0 aromatic carbocycles. The number of rotatable bonds is 9. The van der Waals surface area contributed by atoms with E-state index >= 15 is 0 Å². The molecule has 0 spiro atoms. The van der Waals surface area contributed by atoms with Crippen LogP contribution in [0.1, 0.15) is 6.42 Å². The number of hydrogen-bond donors (Lipinski definition) is 0. The van der Waals surface area contributed by atoms with E-state index in [4.69, 9.17) is 33.2 Å². The van der Waals surface area contributed by atoms with E-state index in [-0.39, 0.29) is 50.9 Å². The Balaban J connectivity index is 1.64. The lowest BCUT2D eigenvalue weighted by atomic mass is 9.67. The fraction of sp³-hybridized carbons (Fsp3) is 1.00.